The number of aryl methyl sites for hydroxylation is 1. The van der Waals surface area contributed by atoms with Crippen LogP contribution in [0.5, 0.6) is 0 Å². The lowest BCUT2D eigenvalue weighted by molar-refractivity contribution is -0.384. The molecule has 0 spiro atoms. The van der Waals surface area contributed by atoms with Gasteiger partial charge in [-0.1, -0.05) is 19.1 Å². The molecule has 8 heteroatoms. The first-order valence-electron chi connectivity index (χ1n) is 7.20. The van der Waals surface area contributed by atoms with Crippen LogP contribution in [0.4, 0.5) is 11.4 Å². The number of para-hydroxylation sites is 2. The SMILES string of the molecule is CCc1nc(C2CN(c3ccccc3[N+](=O)[O-])CCO2)n[nH]1. The highest BCUT2D eigenvalue weighted by Crippen LogP contribution is 2.31. The maximum atomic E-state index is 11.2. The number of hydrogen-bond acceptors (Lipinski definition) is 6. The van der Waals surface area contributed by atoms with E-state index in [4.69, 9.17) is 4.74 Å². The van der Waals surface area contributed by atoms with Gasteiger partial charge in [-0.25, -0.2) is 4.98 Å². The third-order valence-electron chi connectivity index (χ3n) is 3.66. The number of aromatic amines is 1. The Labute approximate surface area is 127 Å². The van der Waals surface area contributed by atoms with E-state index < -0.39 is 0 Å². The lowest BCUT2D eigenvalue weighted by Gasteiger charge is -2.32. The Balaban J connectivity index is 1.83. The van der Waals surface area contributed by atoms with E-state index in [-0.39, 0.29) is 16.7 Å². The van der Waals surface area contributed by atoms with Gasteiger partial charge >= 0.3 is 0 Å². The molecule has 1 saturated heterocycles. The van der Waals surface area contributed by atoms with Gasteiger partial charge in [0.05, 0.1) is 18.1 Å². The molecule has 1 aromatic heterocycles. The smallest absolute Gasteiger partial charge is 0.292 e. The van der Waals surface area contributed by atoms with Crippen LogP contribution in [0.15, 0.2) is 24.3 Å². The van der Waals surface area contributed by atoms with Gasteiger partial charge in [0.15, 0.2) is 5.82 Å². The van der Waals surface area contributed by atoms with Crippen LogP contribution in [0.25, 0.3) is 0 Å². The van der Waals surface area contributed by atoms with Crippen molar-refractivity contribution in [2.45, 2.75) is 19.4 Å². The number of nitro groups is 1. The Hall–Kier alpha value is -2.48. The minimum absolute atomic E-state index is 0.104. The molecule has 1 aromatic carbocycles. The van der Waals surface area contributed by atoms with Crippen molar-refractivity contribution in [3.63, 3.8) is 0 Å². The van der Waals surface area contributed by atoms with Crippen LogP contribution in [-0.2, 0) is 11.2 Å². The second-order valence-electron chi connectivity index (χ2n) is 5.05. The van der Waals surface area contributed by atoms with Gasteiger partial charge in [0.1, 0.15) is 17.6 Å². The fourth-order valence-corrected chi connectivity index (χ4v) is 2.52. The molecule has 2 heterocycles. The molecule has 0 bridgehead atoms. The van der Waals surface area contributed by atoms with Crippen LogP contribution in [0.1, 0.15) is 24.7 Å². The van der Waals surface area contributed by atoms with Gasteiger partial charge in [-0.05, 0) is 6.07 Å². The average molecular weight is 303 g/mol. The van der Waals surface area contributed by atoms with E-state index in [1.165, 1.54) is 6.07 Å². The zero-order valence-electron chi connectivity index (χ0n) is 12.2. The van der Waals surface area contributed by atoms with E-state index in [1.54, 1.807) is 18.2 Å². The topological polar surface area (TPSA) is 97.2 Å². The molecule has 116 valence electrons. The summed E-state index contributed by atoms with van der Waals surface area (Å²) in [4.78, 5) is 17.2. The monoisotopic (exact) mass is 303 g/mol. The third kappa shape index (κ3) is 2.77. The molecular formula is C14H17N5O3. The van der Waals surface area contributed by atoms with Gasteiger partial charge < -0.3 is 9.64 Å². The number of nitrogens with zero attached hydrogens (tertiary/aromatic N) is 4. The lowest BCUT2D eigenvalue weighted by Crippen LogP contribution is -2.39. The molecule has 0 saturated carbocycles. The number of nitro benzene ring substituents is 1. The highest BCUT2D eigenvalue weighted by atomic mass is 16.6. The molecular weight excluding hydrogens is 286 g/mol. The van der Waals surface area contributed by atoms with Gasteiger partial charge in [0.2, 0.25) is 0 Å². The molecule has 3 rings (SSSR count). The van der Waals surface area contributed by atoms with Gasteiger partial charge in [-0.15, -0.1) is 0 Å². The number of benzene rings is 1. The quantitative estimate of drug-likeness (QED) is 0.684. The van der Waals surface area contributed by atoms with Crippen LogP contribution in [0, 0.1) is 10.1 Å². The Morgan fingerprint density at radius 1 is 1.50 bits per heavy atom. The summed E-state index contributed by atoms with van der Waals surface area (Å²) in [6, 6.07) is 6.74. The molecule has 1 fully saturated rings. The molecule has 22 heavy (non-hydrogen) atoms. The van der Waals surface area contributed by atoms with Crippen molar-refractivity contribution in [2.75, 3.05) is 24.6 Å². The van der Waals surface area contributed by atoms with E-state index in [0.717, 1.165) is 12.2 Å². The standard InChI is InChI=1S/C14H17N5O3/c1-2-13-15-14(17-16-13)12-9-18(7-8-22-12)10-5-3-4-6-11(10)19(20)21/h3-6,12H,2,7-9H2,1H3,(H,15,16,17). The Kier molecular flexibility index (Phi) is 4.01. The minimum Gasteiger partial charge on any atom is -0.366 e. The molecule has 0 amide bonds. The zero-order valence-corrected chi connectivity index (χ0v) is 12.2. The van der Waals surface area contributed by atoms with Crippen molar-refractivity contribution in [3.05, 3.63) is 46.0 Å². The largest absolute Gasteiger partial charge is 0.366 e. The number of H-pyrrole nitrogens is 1. The van der Waals surface area contributed by atoms with E-state index in [1.807, 2.05) is 11.8 Å². The highest BCUT2D eigenvalue weighted by Gasteiger charge is 2.28. The first-order chi connectivity index (χ1) is 10.7. The number of rotatable bonds is 4. The molecule has 1 aliphatic rings. The van der Waals surface area contributed by atoms with Crippen molar-refractivity contribution in [3.8, 4) is 0 Å². The lowest BCUT2D eigenvalue weighted by atomic mass is 10.2. The van der Waals surface area contributed by atoms with Crippen molar-refractivity contribution in [1.82, 2.24) is 15.2 Å². The normalized spacial score (nSPS) is 18.4. The summed E-state index contributed by atoms with van der Waals surface area (Å²) in [5, 5.41) is 18.2. The molecule has 1 atom stereocenters. The summed E-state index contributed by atoms with van der Waals surface area (Å²) in [7, 11) is 0. The van der Waals surface area contributed by atoms with Crippen LogP contribution in [0.2, 0.25) is 0 Å². The van der Waals surface area contributed by atoms with Gasteiger partial charge in [0.25, 0.3) is 5.69 Å². The predicted octanol–water partition coefficient (Wildman–Crippen LogP) is 1.85. The average Bonchev–Trinajstić information content (AvgIpc) is 3.04. The molecule has 1 unspecified atom stereocenters. The van der Waals surface area contributed by atoms with Crippen molar-refractivity contribution in [1.29, 1.82) is 0 Å². The Morgan fingerprint density at radius 2 is 2.32 bits per heavy atom. The van der Waals surface area contributed by atoms with E-state index in [9.17, 15) is 10.1 Å². The zero-order chi connectivity index (χ0) is 15.5. The summed E-state index contributed by atoms with van der Waals surface area (Å²) in [6.45, 7) is 3.57. The van der Waals surface area contributed by atoms with Crippen molar-refractivity contribution < 1.29 is 9.66 Å². The molecule has 0 radical (unpaired) electrons. The van der Waals surface area contributed by atoms with Crippen LogP contribution in [0.3, 0.4) is 0 Å². The minimum atomic E-state index is -0.359. The maximum Gasteiger partial charge on any atom is 0.292 e. The number of ether oxygens (including phenoxy) is 1. The summed E-state index contributed by atoms with van der Waals surface area (Å²) >= 11 is 0. The number of hydrogen-bond donors (Lipinski definition) is 1. The third-order valence-corrected chi connectivity index (χ3v) is 3.66. The number of anilines is 1. The van der Waals surface area contributed by atoms with Crippen LogP contribution >= 0.6 is 0 Å². The van der Waals surface area contributed by atoms with Gasteiger partial charge in [-0.3, -0.25) is 15.2 Å². The van der Waals surface area contributed by atoms with Crippen molar-refractivity contribution in [2.24, 2.45) is 0 Å². The number of aromatic nitrogens is 3. The first kappa shape index (κ1) is 14.5. The summed E-state index contributed by atoms with van der Waals surface area (Å²) in [6.07, 6.45) is 0.484. The fourth-order valence-electron chi connectivity index (χ4n) is 2.52. The second-order valence-corrected chi connectivity index (χ2v) is 5.05. The van der Waals surface area contributed by atoms with E-state index >= 15 is 0 Å². The fraction of sp³-hybridized carbons (Fsp3) is 0.429. The number of nitrogens with one attached hydrogen (secondary N) is 1. The van der Waals surface area contributed by atoms with E-state index in [0.29, 0.717) is 31.2 Å². The van der Waals surface area contributed by atoms with E-state index in [2.05, 4.69) is 15.2 Å². The molecule has 0 aliphatic carbocycles. The maximum absolute atomic E-state index is 11.2. The van der Waals surface area contributed by atoms with Crippen molar-refractivity contribution >= 4 is 11.4 Å². The second kappa shape index (κ2) is 6.10. The summed E-state index contributed by atoms with van der Waals surface area (Å²) < 4.78 is 5.72. The van der Waals surface area contributed by atoms with Crippen LogP contribution in [-0.4, -0.2) is 39.8 Å². The molecule has 1 aliphatic heterocycles. The molecule has 2 aromatic rings. The Morgan fingerprint density at radius 3 is 3.05 bits per heavy atom. The molecule has 1 N–H and O–H groups in total. The highest BCUT2D eigenvalue weighted by molar-refractivity contribution is 5.63. The van der Waals surface area contributed by atoms with Gasteiger partial charge in [-0.2, -0.15) is 5.10 Å². The predicted molar refractivity (Wildman–Crippen MR) is 79.8 cm³/mol. The van der Waals surface area contributed by atoms with Crippen LogP contribution < -0.4 is 4.90 Å². The Bertz CT molecular complexity index is 672. The van der Waals surface area contributed by atoms with Gasteiger partial charge in [0, 0.05) is 19.0 Å². The molecule has 8 nitrogen and oxygen atoms in total. The summed E-state index contributed by atoms with van der Waals surface area (Å²) in [5.41, 5.74) is 0.708. The summed E-state index contributed by atoms with van der Waals surface area (Å²) in [5.74, 6) is 1.40. The number of morpholine rings is 1. The first-order valence-corrected chi connectivity index (χ1v) is 7.20.